The van der Waals surface area contributed by atoms with E-state index in [0.29, 0.717) is 5.69 Å². The van der Waals surface area contributed by atoms with Gasteiger partial charge in [-0.25, -0.2) is 4.98 Å². The van der Waals surface area contributed by atoms with Crippen molar-refractivity contribution < 1.29 is 4.79 Å². The second-order valence-corrected chi connectivity index (χ2v) is 5.44. The monoisotopic (exact) mass is 281 g/mol. The number of halogens is 1. The molecule has 4 heteroatoms. The zero-order valence-corrected chi connectivity index (χ0v) is 10.4. The topological polar surface area (TPSA) is 30.0 Å². The first kappa shape index (κ1) is 10.5. The standard InChI is InChI=1S/C11H8BrNOS/c1-7-3-2-4-8(5-7)10-9(6-14)13-11(12)15-10/h2-6H,1H3. The third-order valence-electron chi connectivity index (χ3n) is 2.02. The van der Waals surface area contributed by atoms with E-state index in [4.69, 9.17) is 0 Å². The Balaban J connectivity index is 2.57. The summed E-state index contributed by atoms with van der Waals surface area (Å²) < 4.78 is 0.737. The summed E-state index contributed by atoms with van der Waals surface area (Å²) in [6.07, 6.45) is 0.791. The Hall–Kier alpha value is -1.00. The normalized spacial score (nSPS) is 10.3. The molecule has 2 aromatic rings. The molecule has 0 bridgehead atoms. The molecule has 0 atom stereocenters. The van der Waals surface area contributed by atoms with E-state index in [-0.39, 0.29) is 0 Å². The predicted molar refractivity (Wildman–Crippen MR) is 65.4 cm³/mol. The molecular weight excluding hydrogens is 274 g/mol. The van der Waals surface area contributed by atoms with Gasteiger partial charge in [0.05, 0.1) is 4.88 Å². The van der Waals surface area contributed by atoms with E-state index in [9.17, 15) is 4.79 Å². The molecule has 1 heterocycles. The second kappa shape index (κ2) is 4.24. The van der Waals surface area contributed by atoms with Crippen molar-refractivity contribution in [1.29, 1.82) is 0 Å². The summed E-state index contributed by atoms with van der Waals surface area (Å²) in [5.41, 5.74) is 2.71. The minimum absolute atomic E-state index is 0.498. The fourth-order valence-electron chi connectivity index (χ4n) is 1.38. The van der Waals surface area contributed by atoms with Gasteiger partial charge < -0.3 is 0 Å². The smallest absolute Gasteiger partial charge is 0.169 e. The Morgan fingerprint density at radius 2 is 2.27 bits per heavy atom. The van der Waals surface area contributed by atoms with Crippen LogP contribution in [0.4, 0.5) is 0 Å². The highest BCUT2D eigenvalue weighted by molar-refractivity contribution is 9.11. The highest BCUT2D eigenvalue weighted by Crippen LogP contribution is 2.32. The average molecular weight is 282 g/mol. The summed E-state index contributed by atoms with van der Waals surface area (Å²) >= 11 is 4.76. The molecule has 0 aliphatic heterocycles. The zero-order chi connectivity index (χ0) is 10.8. The summed E-state index contributed by atoms with van der Waals surface area (Å²) in [6, 6.07) is 8.04. The van der Waals surface area contributed by atoms with Crippen molar-refractivity contribution >= 4 is 33.6 Å². The summed E-state index contributed by atoms with van der Waals surface area (Å²) in [5, 5.41) is 0. The molecular formula is C11H8BrNOS. The number of rotatable bonds is 2. The molecule has 1 aromatic carbocycles. The van der Waals surface area contributed by atoms with Gasteiger partial charge in [0.1, 0.15) is 5.69 Å². The lowest BCUT2D eigenvalue weighted by molar-refractivity contribution is 0.112. The fourth-order valence-corrected chi connectivity index (χ4v) is 2.81. The zero-order valence-electron chi connectivity index (χ0n) is 8.03. The van der Waals surface area contributed by atoms with Gasteiger partial charge in [-0.05, 0) is 28.4 Å². The van der Waals surface area contributed by atoms with Crippen LogP contribution in [0, 0.1) is 6.92 Å². The van der Waals surface area contributed by atoms with Crippen molar-refractivity contribution in [2.75, 3.05) is 0 Å². The number of aryl methyl sites for hydroxylation is 1. The minimum Gasteiger partial charge on any atom is -0.296 e. The minimum atomic E-state index is 0.498. The Kier molecular flexibility index (Phi) is 2.98. The van der Waals surface area contributed by atoms with Crippen LogP contribution in [-0.4, -0.2) is 11.3 Å². The Morgan fingerprint density at radius 3 is 2.93 bits per heavy atom. The van der Waals surface area contributed by atoms with Gasteiger partial charge in [0.15, 0.2) is 10.2 Å². The molecule has 0 amide bonds. The number of carbonyl (C=O) groups excluding carboxylic acids is 1. The van der Waals surface area contributed by atoms with Gasteiger partial charge in [-0.1, -0.05) is 29.8 Å². The lowest BCUT2D eigenvalue weighted by Crippen LogP contribution is -1.84. The SMILES string of the molecule is Cc1cccc(-c2sc(Br)nc2C=O)c1. The van der Waals surface area contributed by atoms with Gasteiger partial charge in [0.25, 0.3) is 0 Å². The fraction of sp³-hybridized carbons (Fsp3) is 0.0909. The number of hydrogen-bond donors (Lipinski definition) is 0. The lowest BCUT2D eigenvalue weighted by atomic mass is 10.1. The van der Waals surface area contributed by atoms with Crippen LogP contribution in [-0.2, 0) is 0 Å². The molecule has 15 heavy (non-hydrogen) atoms. The molecule has 0 saturated carbocycles. The third-order valence-corrected chi connectivity index (χ3v) is 3.59. The third kappa shape index (κ3) is 2.16. The molecule has 1 aromatic heterocycles. The molecule has 0 saturated heterocycles. The van der Waals surface area contributed by atoms with Crippen molar-refractivity contribution in [2.24, 2.45) is 0 Å². The summed E-state index contributed by atoms with van der Waals surface area (Å²) in [6.45, 7) is 2.03. The summed E-state index contributed by atoms with van der Waals surface area (Å²) in [4.78, 5) is 15.8. The molecule has 0 N–H and O–H groups in total. The molecule has 76 valence electrons. The van der Waals surface area contributed by atoms with E-state index in [1.165, 1.54) is 16.9 Å². The van der Waals surface area contributed by atoms with Crippen LogP contribution in [0.15, 0.2) is 28.2 Å². The van der Waals surface area contributed by atoms with Gasteiger partial charge >= 0.3 is 0 Å². The molecule has 0 aliphatic rings. The maximum Gasteiger partial charge on any atom is 0.169 e. The maximum atomic E-state index is 10.8. The molecule has 0 unspecified atom stereocenters. The Labute approximate surface area is 100 Å². The number of carbonyl (C=O) groups is 1. The molecule has 0 spiro atoms. The maximum absolute atomic E-state index is 10.8. The first-order valence-electron chi connectivity index (χ1n) is 4.39. The first-order chi connectivity index (χ1) is 7.20. The van der Waals surface area contributed by atoms with Crippen molar-refractivity contribution in [3.63, 3.8) is 0 Å². The highest BCUT2D eigenvalue weighted by atomic mass is 79.9. The van der Waals surface area contributed by atoms with E-state index < -0.39 is 0 Å². The summed E-state index contributed by atoms with van der Waals surface area (Å²) in [7, 11) is 0. The van der Waals surface area contributed by atoms with Crippen molar-refractivity contribution in [3.05, 3.63) is 39.4 Å². The highest BCUT2D eigenvalue weighted by Gasteiger charge is 2.10. The van der Waals surface area contributed by atoms with E-state index in [0.717, 1.165) is 20.6 Å². The molecule has 0 radical (unpaired) electrons. The van der Waals surface area contributed by atoms with E-state index in [1.54, 1.807) is 0 Å². The van der Waals surface area contributed by atoms with Crippen LogP contribution in [0.25, 0.3) is 10.4 Å². The Bertz CT molecular complexity index is 507. The van der Waals surface area contributed by atoms with Gasteiger partial charge in [-0.2, -0.15) is 0 Å². The van der Waals surface area contributed by atoms with Crippen LogP contribution in [0.2, 0.25) is 0 Å². The molecule has 2 nitrogen and oxygen atoms in total. The second-order valence-electron chi connectivity index (χ2n) is 3.17. The van der Waals surface area contributed by atoms with Crippen LogP contribution < -0.4 is 0 Å². The predicted octanol–water partition coefficient (Wildman–Crippen LogP) is 3.69. The quantitative estimate of drug-likeness (QED) is 0.786. The van der Waals surface area contributed by atoms with Crippen molar-refractivity contribution in [1.82, 2.24) is 4.98 Å². The lowest BCUT2D eigenvalue weighted by Gasteiger charge is -1.98. The molecule has 2 rings (SSSR count). The van der Waals surface area contributed by atoms with Gasteiger partial charge in [-0.15, -0.1) is 11.3 Å². The number of thiazole rings is 1. The van der Waals surface area contributed by atoms with E-state index >= 15 is 0 Å². The van der Waals surface area contributed by atoms with E-state index in [2.05, 4.69) is 20.9 Å². The molecule has 0 fully saturated rings. The number of aromatic nitrogens is 1. The molecule has 0 aliphatic carbocycles. The van der Waals surface area contributed by atoms with Crippen molar-refractivity contribution in [2.45, 2.75) is 6.92 Å². The number of aldehydes is 1. The number of hydrogen-bond acceptors (Lipinski definition) is 3. The Morgan fingerprint density at radius 1 is 1.47 bits per heavy atom. The first-order valence-corrected chi connectivity index (χ1v) is 6.00. The van der Waals surface area contributed by atoms with Crippen LogP contribution in [0.1, 0.15) is 16.1 Å². The average Bonchev–Trinajstić information content (AvgIpc) is 2.59. The van der Waals surface area contributed by atoms with Crippen LogP contribution >= 0.6 is 27.3 Å². The van der Waals surface area contributed by atoms with E-state index in [1.807, 2.05) is 31.2 Å². The number of benzene rings is 1. The van der Waals surface area contributed by atoms with Gasteiger partial charge in [-0.3, -0.25) is 4.79 Å². The van der Waals surface area contributed by atoms with Crippen LogP contribution in [0.5, 0.6) is 0 Å². The van der Waals surface area contributed by atoms with Gasteiger partial charge in [0.2, 0.25) is 0 Å². The summed E-state index contributed by atoms with van der Waals surface area (Å²) in [5.74, 6) is 0. The van der Waals surface area contributed by atoms with Crippen LogP contribution in [0.3, 0.4) is 0 Å². The van der Waals surface area contributed by atoms with Crippen molar-refractivity contribution in [3.8, 4) is 10.4 Å². The van der Waals surface area contributed by atoms with Gasteiger partial charge in [0, 0.05) is 0 Å². The number of nitrogens with zero attached hydrogens (tertiary/aromatic N) is 1. The largest absolute Gasteiger partial charge is 0.296 e.